The molecule has 3 heterocycles. The molecule has 1 saturated heterocycles. The maximum absolute atomic E-state index is 14.5. The number of rotatable bonds is 5. The molecule has 1 aliphatic rings. The van der Waals surface area contributed by atoms with Crippen LogP contribution in [0.5, 0.6) is 0 Å². The molecule has 0 saturated carbocycles. The van der Waals surface area contributed by atoms with E-state index in [1.165, 1.54) is 17.7 Å². The van der Waals surface area contributed by atoms with E-state index in [9.17, 15) is 18.8 Å². The quantitative estimate of drug-likeness (QED) is 0.563. The predicted molar refractivity (Wildman–Crippen MR) is 124 cm³/mol. The summed E-state index contributed by atoms with van der Waals surface area (Å²) in [5.41, 5.74) is 2.24. The number of anilines is 1. The van der Waals surface area contributed by atoms with E-state index in [4.69, 9.17) is 0 Å². The fraction of sp³-hybridized carbons (Fsp3) is 0.391. The van der Waals surface area contributed by atoms with E-state index in [1.807, 2.05) is 17.9 Å². The molecule has 174 valence electrons. The van der Waals surface area contributed by atoms with Crippen molar-refractivity contribution in [1.29, 1.82) is 0 Å². The van der Waals surface area contributed by atoms with Gasteiger partial charge in [0.05, 0.1) is 16.6 Å². The van der Waals surface area contributed by atoms with Crippen LogP contribution < -0.4 is 21.5 Å². The highest BCUT2D eigenvalue weighted by Crippen LogP contribution is 2.22. The number of benzene rings is 1. The van der Waals surface area contributed by atoms with Gasteiger partial charge in [0.15, 0.2) is 0 Å². The largest absolute Gasteiger partial charge is 0.365 e. The second-order valence-electron chi connectivity index (χ2n) is 8.10. The molecule has 2 N–H and O–H groups in total. The van der Waals surface area contributed by atoms with Gasteiger partial charge in [-0.05, 0) is 43.2 Å². The number of halogens is 1. The van der Waals surface area contributed by atoms with Crippen LogP contribution in [-0.2, 0) is 13.1 Å². The number of aromatic amines is 1. The number of carbonyl (C=O) groups excluding carboxylic acids is 1. The Kier molecular flexibility index (Phi) is 6.28. The van der Waals surface area contributed by atoms with Crippen LogP contribution in [0.3, 0.4) is 0 Å². The van der Waals surface area contributed by atoms with Crippen LogP contribution in [-0.4, -0.2) is 58.6 Å². The van der Waals surface area contributed by atoms with Crippen molar-refractivity contribution >= 4 is 22.5 Å². The van der Waals surface area contributed by atoms with Crippen LogP contribution in [0.1, 0.15) is 28.5 Å². The Bertz CT molecular complexity index is 1320. The molecular formula is C23H27FN6O3. The van der Waals surface area contributed by atoms with Crippen molar-refractivity contribution in [3.05, 3.63) is 67.9 Å². The fourth-order valence-corrected chi connectivity index (χ4v) is 4.27. The second-order valence-corrected chi connectivity index (χ2v) is 8.10. The van der Waals surface area contributed by atoms with E-state index in [0.29, 0.717) is 55.9 Å². The number of aromatic nitrogens is 3. The highest BCUT2D eigenvalue weighted by Gasteiger charge is 2.22. The second kappa shape index (κ2) is 9.14. The van der Waals surface area contributed by atoms with Gasteiger partial charge in [0.1, 0.15) is 5.69 Å². The van der Waals surface area contributed by atoms with E-state index in [1.54, 1.807) is 19.1 Å². The number of hydrogen-bond donors (Lipinski definition) is 2. The van der Waals surface area contributed by atoms with Gasteiger partial charge in [-0.15, -0.1) is 0 Å². The fourth-order valence-electron chi connectivity index (χ4n) is 4.27. The number of H-pyrrole nitrogens is 1. The van der Waals surface area contributed by atoms with E-state index >= 15 is 0 Å². The van der Waals surface area contributed by atoms with Gasteiger partial charge >= 0.3 is 5.69 Å². The van der Waals surface area contributed by atoms with Crippen LogP contribution in [0.15, 0.2) is 33.9 Å². The van der Waals surface area contributed by atoms with Crippen molar-refractivity contribution in [3.8, 4) is 0 Å². The van der Waals surface area contributed by atoms with E-state index in [-0.39, 0.29) is 11.3 Å². The lowest BCUT2D eigenvalue weighted by Crippen LogP contribution is -2.46. The number of amides is 1. The minimum Gasteiger partial charge on any atom is -0.365 e. The first-order chi connectivity index (χ1) is 15.8. The zero-order valence-corrected chi connectivity index (χ0v) is 18.9. The summed E-state index contributed by atoms with van der Waals surface area (Å²) in [6.45, 7) is 7.30. The summed E-state index contributed by atoms with van der Waals surface area (Å²) < 4.78 is 15.7. The van der Waals surface area contributed by atoms with Crippen molar-refractivity contribution in [2.75, 3.05) is 38.1 Å². The average molecular weight is 455 g/mol. The van der Waals surface area contributed by atoms with Gasteiger partial charge in [-0.1, -0.05) is 6.07 Å². The molecule has 0 aliphatic carbocycles. The van der Waals surface area contributed by atoms with Crippen LogP contribution in [0.4, 0.5) is 10.1 Å². The maximum Gasteiger partial charge on any atom is 0.328 e. The zero-order valence-electron chi connectivity index (χ0n) is 18.9. The third-order valence-corrected chi connectivity index (χ3v) is 6.24. The van der Waals surface area contributed by atoms with Crippen molar-refractivity contribution in [2.45, 2.75) is 26.9 Å². The molecule has 0 radical (unpaired) electrons. The van der Waals surface area contributed by atoms with Crippen molar-refractivity contribution in [1.82, 2.24) is 24.8 Å². The lowest BCUT2D eigenvalue weighted by atomic mass is 10.0. The van der Waals surface area contributed by atoms with Crippen molar-refractivity contribution < 1.29 is 9.18 Å². The van der Waals surface area contributed by atoms with Crippen LogP contribution in [0.25, 0.3) is 10.9 Å². The molecule has 4 rings (SSSR count). The van der Waals surface area contributed by atoms with Gasteiger partial charge in [-0.2, -0.15) is 4.39 Å². The molecule has 2 aromatic heterocycles. The lowest BCUT2D eigenvalue weighted by molar-refractivity contribution is 0.0957. The molecule has 0 atom stereocenters. The molecule has 10 heteroatoms. The molecule has 1 aliphatic heterocycles. The highest BCUT2D eigenvalue weighted by atomic mass is 19.1. The number of nitrogens with one attached hydrogen (secondary N) is 2. The summed E-state index contributed by atoms with van der Waals surface area (Å²) in [5, 5.41) is 2.94. The first-order valence-corrected chi connectivity index (χ1v) is 10.9. The summed E-state index contributed by atoms with van der Waals surface area (Å²) in [7, 11) is 1.48. The van der Waals surface area contributed by atoms with Crippen LogP contribution >= 0.6 is 0 Å². The number of fused-ring (bicyclic) bond motifs is 1. The van der Waals surface area contributed by atoms with Gasteiger partial charge in [0.2, 0.25) is 5.95 Å². The number of hydrogen-bond acceptors (Lipinski definition) is 6. The molecule has 1 amide bonds. The summed E-state index contributed by atoms with van der Waals surface area (Å²) >= 11 is 0. The Hall–Kier alpha value is -3.53. The van der Waals surface area contributed by atoms with Crippen molar-refractivity contribution in [3.63, 3.8) is 0 Å². The monoisotopic (exact) mass is 454 g/mol. The standard InChI is InChI=1S/C23H27FN6O3/c1-4-30-22(32)16-6-5-15(14(2)19(16)27-23(30)33)13-28-9-11-29(12-10-28)18-8-7-17(21(31)25-3)26-20(18)24/h5-8H,4,9-13H2,1-3H3,(H,25,31)(H,27,33). The van der Waals surface area contributed by atoms with Gasteiger partial charge in [-0.25, -0.2) is 9.78 Å². The minimum atomic E-state index is -0.656. The van der Waals surface area contributed by atoms with Gasteiger partial charge in [-0.3, -0.25) is 19.1 Å². The summed E-state index contributed by atoms with van der Waals surface area (Å²) in [4.78, 5) is 47.3. The van der Waals surface area contributed by atoms with Crippen LogP contribution in [0, 0.1) is 12.9 Å². The molecular weight excluding hydrogens is 427 g/mol. The highest BCUT2D eigenvalue weighted by molar-refractivity contribution is 5.92. The maximum atomic E-state index is 14.5. The third-order valence-electron chi connectivity index (χ3n) is 6.24. The summed E-state index contributed by atoms with van der Waals surface area (Å²) in [6.07, 6.45) is 0. The Labute approximate surface area is 189 Å². The topological polar surface area (TPSA) is 103 Å². The number of aryl methyl sites for hydroxylation is 1. The Morgan fingerprint density at radius 1 is 1.15 bits per heavy atom. The SMILES string of the molecule is CCn1c(=O)[nH]c2c(C)c(CN3CCN(c4ccc(C(=O)NC)nc4F)CC3)ccc2c1=O. The summed E-state index contributed by atoms with van der Waals surface area (Å²) in [6, 6.07) is 6.82. The number of carbonyl (C=O) groups is 1. The molecule has 0 spiro atoms. The predicted octanol–water partition coefficient (Wildman–Crippen LogP) is 1.23. The van der Waals surface area contributed by atoms with Gasteiger partial charge in [0.25, 0.3) is 11.5 Å². The first-order valence-electron chi connectivity index (χ1n) is 10.9. The zero-order chi connectivity index (χ0) is 23.7. The molecule has 1 fully saturated rings. The van der Waals surface area contributed by atoms with Gasteiger partial charge < -0.3 is 15.2 Å². The van der Waals surface area contributed by atoms with E-state index in [0.717, 1.165) is 11.1 Å². The lowest BCUT2D eigenvalue weighted by Gasteiger charge is -2.36. The van der Waals surface area contributed by atoms with Crippen molar-refractivity contribution in [2.24, 2.45) is 0 Å². The molecule has 33 heavy (non-hydrogen) atoms. The smallest absolute Gasteiger partial charge is 0.328 e. The molecule has 0 bridgehead atoms. The Balaban J connectivity index is 1.48. The minimum absolute atomic E-state index is 0.0490. The number of nitrogens with zero attached hydrogens (tertiary/aromatic N) is 4. The van der Waals surface area contributed by atoms with Crippen LogP contribution in [0.2, 0.25) is 0 Å². The number of piperazine rings is 1. The van der Waals surface area contributed by atoms with Gasteiger partial charge in [0, 0.05) is 46.3 Å². The molecule has 3 aromatic rings. The molecule has 0 unspecified atom stereocenters. The molecule has 1 aromatic carbocycles. The summed E-state index contributed by atoms with van der Waals surface area (Å²) in [5.74, 6) is -1.08. The molecule has 9 nitrogen and oxygen atoms in total. The first kappa shape index (κ1) is 22.7. The normalized spacial score (nSPS) is 14.6. The Morgan fingerprint density at radius 3 is 2.52 bits per heavy atom. The number of pyridine rings is 1. The van der Waals surface area contributed by atoms with E-state index in [2.05, 4.69) is 20.2 Å². The Morgan fingerprint density at radius 2 is 1.88 bits per heavy atom. The average Bonchev–Trinajstić information content (AvgIpc) is 2.81. The third kappa shape index (κ3) is 4.25. The van der Waals surface area contributed by atoms with E-state index < -0.39 is 17.5 Å².